The molecule has 8 aromatic heterocycles. The maximum absolute atomic E-state index is 5.62. The van der Waals surface area contributed by atoms with Gasteiger partial charge in [0.2, 0.25) is 0 Å². The van der Waals surface area contributed by atoms with E-state index in [2.05, 4.69) is 431 Å². The van der Waals surface area contributed by atoms with Gasteiger partial charge in [0.15, 0.2) is 11.6 Å². The number of rotatable bonds is 21. The Hall–Kier alpha value is -14.9. The van der Waals surface area contributed by atoms with Crippen LogP contribution in [0.4, 0.5) is 5.69 Å². The number of pyridine rings is 6. The van der Waals surface area contributed by atoms with Crippen molar-refractivity contribution >= 4 is 72.4 Å². The summed E-state index contributed by atoms with van der Waals surface area (Å²) in [6, 6.07) is 117. The normalized spacial score (nSPS) is 15.7. The van der Waals surface area contributed by atoms with Crippen LogP contribution < -0.4 is 36.0 Å². The first-order valence-electron chi connectivity index (χ1n) is 46.4. The Kier molecular flexibility index (Phi) is 21.3. The third-order valence-corrected chi connectivity index (χ3v) is 39.0. The van der Waals surface area contributed by atoms with Gasteiger partial charge >= 0.3 is 0 Å². The Balaban J connectivity index is 0.617. The lowest BCUT2D eigenvalue weighted by atomic mass is 9.78. The summed E-state index contributed by atoms with van der Waals surface area (Å²) in [5.41, 5.74) is 32.5. The minimum atomic E-state index is -2.46. The molecule has 4 atom stereocenters. The number of aromatic nitrogens is 10. The van der Waals surface area contributed by atoms with Gasteiger partial charge in [0.25, 0.3) is 0 Å². The summed E-state index contributed by atoms with van der Waals surface area (Å²) >= 11 is 0. The van der Waals surface area contributed by atoms with E-state index >= 15 is 0 Å². The van der Waals surface area contributed by atoms with Crippen molar-refractivity contribution in [3.63, 3.8) is 0 Å². The Morgan fingerprint density at radius 1 is 0.278 bits per heavy atom. The molecular formula is C118H100N12Si3. The number of fused-ring (bicyclic) bond motifs is 9. The molecule has 0 bridgehead atoms. The van der Waals surface area contributed by atoms with E-state index < -0.39 is 29.8 Å². The second kappa shape index (κ2) is 33.8. The topological polar surface area (TPSA) is 144 Å². The summed E-state index contributed by atoms with van der Waals surface area (Å²) in [7, 11) is -7.38. The van der Waals surface area contributed by atoms with Gasteiger partial charge < -0.3 is 4.90 Å². The number of para-hydroxylation sites is 1. The van der Waals surface area contributed by atoms with Crippen molar-refractivity contribution in [3.05, 3.63) is 410 Å². The van der Waals surface area contributed by atoms with Crippen molar-refractivity contribution in [2.75, 3.05) is 4.90 Å². The first-order chi connectivity index (χ1) is 64.8. The number of hydrogen-bond acceptors (Lipinski definition) is 12. The lowest BCUT2D eigenvalue weighted by Gasteiger charge is -2.46. The maximum atomic E-state index is 5.62. The Labute approximate surface area is 781 Å². The highest BCUT2D eigenvalue weighted by Gasteiger charge is 2.46. The molecule has 12 heterocycles. The zero-order valence-corrected chi connectivity index (χ0v) is 79.4. The third-order valence-electron chi connectivity index (χ3n) is 28.4. The van der Waals surface area contributed by atoms with E-state index in [1.807, 2.05) is 12.1 Å². The summed E-state index contributed by atoms with van der Waals surface area (Å²) in [5.74, 6) is 1.45. The van der Waals surface area contributed by atoms with E-state index in [4.69, 9.17) is 54.8 Å². The summed E-state index contributed by atoms with van der Waals surface area (Å²) in [6.45, 7) is 24.3. The molecule has 4 aliphatic rings. The number of aliphatic imine (C=N–C) groups is 1. The van der Waals surface area contributed by atoms with Gasteiger partial charge in [-0.3, -0.25) is 29.9 Å². The van der Waals surface area contributed by atoms with Crippen molar-refractivity contribution < 1.29 is 0 Å². The number of benzene rings is 10. The predicted octanol–water partition coefficient (Wildman–Crippen LogP) is 24.0. The van der Waals surface area contributed by atoms with Gasteiger partial charge in [-0.1, -0.05) is 321 Å². The van der Waals surface area contributed by atoms with E-state index in [1.165, 1.54) is 36.7 Å². The molecule has 0 saturated carbocycles. The van der Waals surface area contributed by atoms with E-state index in [0.29, 0.717) is 24.5 Å². The maximum Gasteiger partial charge on any atom is 0.160 e. The molecule has 644 valence electrons. The van der Waals surface area contributed by atoms with Gasteiger partial charge in [0.1, 0.15) is 24.2 Å². The molecule has 15 heteroatoms. The fraction of sp³-hybridized carbons (Fsp3) is 0.144. The fourth-order valence-corrected chi connectivity index (χ4v) is 30.2. The number of nitrogens with zero attached hydrogens (tertiary/aromatic N) is 12. The highest BCUT2D eigenvalue weighted by molar-refractivity contribution is 7.05. The van der Waals surface area contributed by atoms with Gasteiger partial charge in [-0.15, -0.1) is 0 Å². The van der Waals surface area contributed by atoms with Crippen LogP contribution in [0.15, 0.2) is 376 Å². The van der Waals surface area contributed by atoms with Crippen molar-refractivity contribution in [1.82, 2.24) is 49.8 Å². The average Bonchev–Trinajstić information content (AvgIpc) is 1.63. The van der Waals surface area contributed by atoms with Gasteiger partial charge in [0, 0.05) is 184 Å². The van der Waals surface area contributed by atoms with Crippen LogP contribution in [-0.4, -0.2) is 85.3 Å². The van der Waals surface area contributed by atoms with Crippen LogP contribution in [0.3, 0.4) is 0 Å². The van der Waals surface area contributed by atoms with Gasteiger partial charge in [-0.05, 0) is 130 Å². The molecule has 10 aromatic carbocycles. The Morgan fingerprint density at radius 3 is 0.857 bits per heavy atom. The quantitative estimate of drug-likeness (QED) is 0.0634. The number of anilines is 1. The van der Waals surface area contributed by atoms with Crippen LogP contribution in [0.5, 0.6) is 0 Å². The minimum Gasteiger partial charge on any atom is -0.334 e. The molecule has 4 unspecified atom stereocenters. The lowest BCUT2D eigenvalue weighted by Crippen LogP contribution is -2.53. The van der Waals surface area contributed by atoms with E-state index in [1.54, 1.807) is 0 Å². The van der Waals surface area contributed by atoms with Gasteiger partial charge in [-0.25, -0.2) is 24.9 Å². The van der Waals surface area contributed by atoms with Crippen LogP contribution in [0.25, 0.3) is 141 Å². The molecule has 4 aliphatic heterocycles. The van der Waals surface area contributed by atoms with Crippen molar-refractivity contribution in [2.24, 2.45) is 4.99 Å². The molecule has 0 amide bonds. The first kappa shape index (κ1) is 83.7. The van der Waals surface area contributed by atoms with E-state index in [0.717, 1.165) is 181 Å². The van der Waals surface area contributed by atoms with Gasteiger partial charge in [0.05, 0.1) is 56.8 Å². The summed E-state index contributed by atoms with van der Waals surface area (Å²) in [5, 5.41) is 8.11. The second-order valence-corrected chi connectivity index (χ2v) is 51.1. The van der Waals surface area contributed by atoms with Crippen molar-refractivity contribution in [1.29, 1.82) is 0 Å². The summed E-state index contributed by atoms with van der Waals surface area (Å²) in [4.78, 5) is 62.7. The fourth-order valence-electron chi connectivity index (χ4n) is 21.1. The molecular weight excluding hydrogens is 1670 g/mol. The Morgan fingerprint density at radius 2 is 0.541 bits per heavy atom. The Bertz CT molecular complexity index is 7190. The lowest BCUT2D eigenvalue weighted by molar-refractivity contribution is 0.491. The zero-order valence-electron chi connectivity index (χ0n) is 76.4. The molecule has 18 aromatic rings. The van der Waals surface area contributed by atoms with Crippen molar-refractivity contribution in [3.8, 4) is 135 Å². The first-order valence-corrected chi connectivity index (χ1v) is 55.4. The largest absolute Gasteiger partial charge is 0.334 e. The van der Waals surface area contributed by atoms with E-state index in [-0.39, 0.29) is 17.8 Å². The highest BCUT2D eigenvalue weighted by Crippen LogP contribution is 2.46. The predicted molar refractivity (Wildman–Crippen MR) is 555 cm³/mol. The van der Waals surface area contributed by atoms with Crippen LogP contribution in [0.2, 0.25) is 39.3 Å². The zero-order chi connectivity index (χ0) is 90.4. The molecule has 133 heavy (non-hydrogen) atoms. The smallest absolute Gasteiger partial charge is 0.160 e. The SMILES string of the molecule is CC(Cc1c(-c2ccccc2)nc(-c2ccccc2)nc1-c1ccccc1)c1cc2c(cn1)-c1cnc(-c3cc(-c4cc5c(cn4)-c4cnc(C(C)Cc6c(-c7ccccc7)nc(-c7ccccc7)nc6-c6ccccc6)cc4[Si]5(C)C)cc(-c4cc5c(cn4)-c4cnc(C(C)CC6(C)C(c7ccccc7)=NC(c7ccccc7)=CN6c6ccccc6)cc4[Si]5(C)C)c3)cc1[Si]2(C)C. The number of hydrogen-bond donors (Lipinski definition) is 0. The monoisotopic (exact) mass is 1770 g/mol. The molecule has 0 saturated heterocycles. The molecule has 0 fully saturated rings. The van der Waals surface area contributed by atoms with Crippen LogP contribution in [0, 0.1) is 0 Å². The molecule has 12 nitrogen and oxygen atoms in total. The third kappa shape index (κ3) is 15.1. The van der Waals surface area contributed by atoms with Crippen LogP contribution in [-0.2, 0) is 12.8 Å². The minimum absolute atomic E-state index is 0.00949. The molecule has 22 rings (SSSR count). The van der Waals surface area contributed by atoms with Crippen molar-refractivity contribution in [2.45, 2.75) is 110 Å². The molecule has 0 spiro atoms. The highest BCUT2D eigenvalue weighted by atomic mass is 28.3. The standard InChI is InChI=1S/C118H100N12Si3/c1-75(56-90-111(79-40-22-12-23-41-79)126-116(84-50-32-17-33-51-84)127-112(90)80-42-24-13-25-43-80)98-61-105-92(68-119-98)95-71-122-101(64-108(95)131(105,5)6)86-58-87(102-65-109-96(72-123-102)93-69-120-99(62-106(93)132(109,7)8)76(2)57-91-113(81-44-26-14-27-45-81)128-117(85-52-34-18-35-53-85)129-114(91)82-46-28-15-29-47-82)60-88(59-86)103-66-110-97(73-124-103)94-70-121-100(63-107(94)133(110,9)10)77(3)67-118(4)115(83-48-30-16-31-49-83)125-104(78-38-20-11-21-39-78)74-130(118)89-54-36-19-37-55-89/h11-55,58-66,68-77H,56-57,67H2,1-10H3. The van der Waals surface area contributed by atoms with Crippen LogP contribution >= 0.6 is 0 Å². The van der Waals surface area contributed by atoms with Gasteiger partial charge in [-0.2, -0.15) is 0 Å². The van der Waals surface area contributed by atoms with Crippen LogP contribution in [0.1, 0.15) is 91.2 Å². The summed E-state index contributed by atoms with van der Waals surface area (Å²) < 4.78 is 0. The molecule has 0 radical (unpaired) electrons. The summed E-state index contributed by atoms with van der Waals surface area (Å²) in [6.07, 6.45) is 17.1. The molecule has 0 aliphatic carbocycles. The van der Waals surface area contributed by atoms with E-state index in [9.17, 15) is 0 Å². The second-order valence-electron chi connectivity index (χ2n) is 38.1. The average molecular weight is 1770 g/mol. The molecule has 0 N–H and O–H groups in total.